The number of furan rings is 1. The molecule has 0 saturated heterocycles. The van der Waals surface area contributed by atoms with Gasteiger partial charge < -0.3 is 14.4 Å². The molecule has 0 aliphatic carbocycles. The van der Waals surface area contributed by atoms with Crippen molar-refractivity contribution in [2.24, 2.45) is 0 Å². The maximum Gasteiger partial charge on any atom is 0.416 e. The number of likely N-dealkylation sites (N-methyl/N-ethyl adjacent to an activating group) is 1. The summed E-state index contributed by atoms with van der Waals surface area (Å²) < 4.78 is 42.6. The van der Waals surface area contributed by atoms with Gasteiger partial charge >= 0.3 is 6.18 Å². The maximum atomic E-state index is 12.4. The summed E-state index contributed by atoms with van der Waals surface area (Å²) in [5.41, 5.74) is 1.93. The smallest absolute Gasteiger partial charge is 0.416 e. The highest BCUT2D eigenvalue weighted by Gasteiger charge is 2.39. The average molecular weight is 315 g/mol. The summed E-state index contributed by atoms with van der Waals surface area (Å²) >= 11 is 0. The number of nitrogens with zero attached hydrogens (tertiary/aromatic N) is 1. The molecule has 0 aliphatic rings. The second-order valence-electron chi connectivity index (χ2n) is 5.25. The van der Waals surface area contributed by atoms with Gasteiger partial charge in [0.05, 0.1) is 6.54 Å². The Kier molecular flexibility index (Phi) is 4.19. The lowest BCUT2D eigenvalue weighted by Gasteiger charge is -2.21. The van der Waals surface area contributed by atoms with E-state index >= 15 is 0 Å². The molecule has 0 fully saturated rings. The van der Waals surface area contributed by atoms with Crippen molar-refractivity contribution in [1.82, 2.24) is 4.90 Å². The summed E-state index contributed by atoms with van der Waals surface area (Å²) in [6.45, 7) is 2.64. The average Bonchev–Trinajstić information content (AvgIpc) is 2.76. The third kappa shape index (κ3) is 2.94. The molecule has 1 unspecified atom stereocenters. The highest BCUT2D eigenvalue weighted by Crippen LogP contribution is 2.28. The van der Waals surface area contributed by atoms with E-state index in [1.54, 1.807) is 13.0 Å². The van der Waals surface area contributed by atoms with Crippen molar-refractivity contribution in [1.29, 1.82) is 0 Å². The van der Waals surface area contributed by atoms with Crippen molar-refractivity contribution in [3.05, 3.63) is 35.1 Å². The van der Waals surface area contributed by atoms with E-state index in [9.17, 15) is 18.0 Å². The third-order valence-corrected chi connectivity index (χ3v) is 3.53. The van der Waals surface area contributed by atoms with E-state index in [1.165, 1.54) is 7.05 Å². The summed E-state index contributed by atoms with van der Waals surface area (Å²) in [5, 5.41) is 9.80. The lowest BCUT2D eigenvalue weighted by Crippen LogP contribution is -2.41. The maximum absolute atomic E-state index is 12.4. The van der Waals surface area contributed by atoms with Gasteiger partial charge in [0, 0.05) is 18.0 Å². The van der Waals surface area contributed by atoms with E-state index in [-0.39, 0.29) is 5.76 Å². The van der Waals surface area contributed by atoms with E-state index < -0.39 is 24.7 Å². The van der Waals surface area contributed by atoms with Crippen LogP contribution >= 0.6 is 0 Å². The SMILES string of the molecule is Cc1c(C(=O)N(C)CC(O)C(F)(F)F)oc2c(C)cccc12. The van der Waals surface area contributed by atoms with Crippen molar-refractivity contribution in [2.45, 2.75) is 26.1 Å². The lowest BCUT2D eigenvalue weighted by atomic mass is 10.1. The van der Waals surface area contributed by atoms with Crippen molar-refractivity contribution < 1.29 is 27.5 Å². The molecule has 1 amide bonds. The molecular weight excluding hydrogens is 299 g/mol. The number of para-hydroxylation sites is 1. The number of hydrogen-bond donors (Lipinski definition) is 1. The van der Waals surface area contributed by atoms with Gasteiger partial charge in [-0.15, -0.1) is 0 Å². The number of carbonyl (C=O) groups is 1. The largest absolute Gasteiger partial charge is 0.450 e. The minimum Gasteiger partial charge on any atom is -0.450 e. The van der Waals surface area contributed by atoms with Crippen molar-refractivity contribution >= 4 is 16.9 Å². The highest BCUT2D eigenvalue weighted by molar-refractivity contribution is 5.99. The first-order chi connectivity index (χ1) is 10.1. The number of fused-ring (bicyclic) bond motifs is 1. The third-order valence-electron chi connectivity index (χ3n) is 3.53. The Labute approximate surface area is 125 Å². The summed E-state index contributed by atoms with van der Waals surface area (Å²) in [6, 6.07) is 5.41. The quantitative estimate of drug-likeness (QED) is 0.947. The van der Waals surface area contributed by atoms with E-state index in [1.807, 2.05) is 19.1 Å². The molecule has 0 spiro atoms. The number of carbonyl (C=O) groups excluding carboxylic acids is 1. The van der Waals surface area contributed by atoms with Crippen LogP contribution in [0.1, 0.15) is 21.7 Å². The van der Waals surface area contributed by atoms with E-state index in [0.29, 0.717) is 11.1 Å². The van der Waals surface area contributed by atoms with Crippen LogP contribution in [0.4, 0.5) is 13.2 Å². The normalized spacial score (nSPS) is 13.4. The molecule has 2 rings (SSSR count). The first-order valence-corrected chi connectivity index (χ1v) is 6.62. The molecule has 22 heavy (non-hydrogen) atoms. The number of amides is 1. The van der Waals surface area contributed by atoms with Crippen molar-refractivity contribution in [2.75, 3.05) is 13.6 Å². The topological polar surface area (TPSA) is 53.7 Å². The number of aliphatic hydroxyl groups is 1. The number of aliphatic hydroxyl groups excluding tert-OH is 1. The van der Waals surface area contributed by atoms with Gasteiger partial charge in [0.2, 0.25) is 0 Å². The molecular formula is C15H16F3NO3. The minimum atomic E-state index is -4.77. The Bertz CT molecular complexity index is 706. The Hall–Kier alpha value is -2.02. The van der Waals surface area contributed by atoms with E-state index in [4.69, 9.17) is 9.52 Å². The monoisotopic (exact) mass is 315 g/mol. The Morgan fingerprint density at radius 2 is 2.00 bits per heavy atom. The van der Waals surface area contributed by atoms with Crippen LogP contribution in [-0.4, -0.2) is 41.8 Å². The van der Waals surface area contributed by atoms with E-state index in [0.717, 1.165) is 15.8 Å². The van der Waals surface area contributed by atoms with Gasteiger partial charge in [-0.3, -0.25) is 4.79 Å². The van der Waals surface area contributed by atoms with Crippen LogP contribution in [0.5, 0.6) is 0 Å². The first kappa shape index (κ1) is 16.4. The number of rotatable bonds is 3. The summed E-state index contributed by atoms with van der Waals surface area (Å²) in [7, 11) is 1.19. The number of hydrogen-bond acceptors (Lipinski definition) is 3. The second kappa shape index (κ2) is 5.64. The lowest BCUT2D eigenvalue weighted by molar-refractivity contribution is -0.205. The molecule has 1 atom stereocenters. The molecule has 1 heterocycles. The predicted octanol–water partition coefficient (Wildman–Crippen LogP) is 3.04. The molecule has 1 aromatic heterocycles. The zero-order valence-electron chi connectivity index (χ0n) is 12.4. The van der Waals surface area contributed by atoms with Crippen molar-refractivity contribution in [3.63, 3.8) is 0 Å². The fourth-order valence-electron chi connectivity index (χ4n) is 2.21. The Morgan fingerprint density at radius 1 is 1.36 bits per heavy atom. The standard InChI is InChI=1S/C15H16F3NO3/c1-8-5-4-6-10-9(2)13(22-12(8)10)14(21)19(3)7-11(20)15(16,17)18/h4-6,11,20H,7H2,1-3H3. The number of halogens is 3. The van der Waals surface area contributed by atoms with Gasteiger partial charge in [-0.05, 0) is 19.4 Å². The fraction of sp³-hybridized carbons (Fsp3) is 0.400. The Balaban J connectivity index is 2.30. The van der Waals surface area contributed by atoms with Crippen LogP contribution in [0.15, 0.2) is 22.6 Å². The van der Waals surface area contributed by atoms with Crippen LogP contribution in [0.2, 0.25) is 0 Å². The van der Waals surface area contributed by atoms with Crippen LogP contribution in [0.3, 0.4) is 0 Å². The summed E-state index contributed by atoms with van der Waals surface area (Å²) in [6.07, 6.45) is -7.36. The van der Waals surface area contributed by atoms with Crippen molar-refractivity contribution in [3.8, 4) is 0 Å². The van der Waals surface area contributed by atoms with E-state index in [2.05, 4.69) is 0 Å². The molecule has 7 heteroatoms. The molecule has 0 saturated carbocycles. The van der Waals surface area contributed by atoms with Crippen LogP contribution < -0.4 is 0 Å². The fourth-order valence-corrected chi connectivity index (χ4v) is 2.21. The van der Waals surface area contributed by atoms with Gasteiger partial charge in [-0.1, -0.05) is 18.2 Å². The molecule has 4 nitrogen and oxygen atoms in total. The Morgan fingerprint density at radius 3 is 2.55 bits per heavy atom. The summed E-state index contributed by atoms with van der Waals surface area (Å²) in [4.78, 5) is 13.1. The minimum absolute atomic E-state index is 0.0128. The zero-order chi connectivity index (χ0) is 16.7. The zero-order valence-corrected chi connectivity index (χ0v) is 12.4. The van der Waals surface area contributed by atoms with Crippen LogP contribution in [0, 0.1) is 13.8 Å². The molecule has 0 radical (unpaired) electrons. The molecule has 0 aliphatic heterocycles. The molecule has 2 aromatic rings. The van der Waals surface area contributed by atoms with Gasteiger partial charge in [0.15, 0.2) is 11.9 Å². The highest BCUT2D eigenvalue weighted by atomic mass is 19.4. The molecule has 1 aromatic carbocycles. The molecule has 1 N–H and O–H groups in total. The van der Waals surface area contributed by atoms with Gasteiger partial charge in [-0.25, -0.2) is 0 Å². The van der Waals surface area contributed by atoms with Gasteiger partial charge in [-0.2, -0.15) is 13.2 Å². The van der Waals surface area contributed by atoms with Crippen LogP contribution in [0.25, 0.3) is 11.0 Å². The molecule has 120 valence electrons. The van der Waals surface area contributed by atoms with Gasteiger partial charge in [0.25, 0.3) is 5.91 Å². The summed E-state index contributed by atoms with van der Waals surface area (Å²) in [5.74, 6) is -0.711. The van der Waals surface area contributed by atoms with Gasteiger partial charge in [0.1, 0.15) is 5.58 Å². The number of benzene rings is 1. The molecule has 0 bridgehead atoms. The van der Waals surface area contributed by atoms with Crippen LogP contribution in [-0.2, 0) is 0 Å². The second-order valence-corrected chi connectivity index (χ2v) is 5.25. The number of alkyl halides is 3. The predicted molar refractivity (Wildman–Crippen MR) is 74.7 cm³/mol. The first-order valence-electron chi connectivity index (χ1n) is 6.62. The number of aryl methyl sites for hydroxylation is 2.